The summed E-state index contributed by atoms with van der Waals surface area (Å²) in [5, 5.41) is 10.1. The summed E-state index contributed by atoms with van der Waals surface area (Å²) in [5.41, 5.74) is 2.23. The Hall–Kier alpha value is -1.46. The lowest BCUT2D eigenvalue weighted by Crippen LogP contribution is -2.29. The maximum absolute atomic E-state index is 10.8. The van der Waals surface area contributed by atoms with Crippen LogP contribution in [0.4, 0.5) is 5.69 Å². The fourth-order valence-electron chi connectivity index (χ4n) is 1.96. The van der Waals surface area contributed by atoms with E-state index in [1.807, 2.05) is 19.2 Å². The number of hydrogen-bond donors (Lipinski definition) is 3. The zero-order chi connectivity index (χ0) is 18.2. The highest BCUT2D eigenvalue weighted by atomic mass is 32.1. The van der Waals surface area contributed by atoms with Crippen molar-refractivity contribution in [2.75, 3.05) is 18.9 Å². The lowest BCUT2D eigenvalue weighted by molar-refractivity contribution is -0.117. The maximum Gasteiger partial charge on any atom is 0.170 e. The number of ketones is 1. The van der Waals surface area contributed by atoms with Crippen LogP contribution >= 0.6 is 12.2 Å². The first-order valence-corrected chi connectivity index (χ1v) is 9.22. The van der Waals surface area contributed by atoms with Gasteiger partial charge in [0.05, 0.1) is 0 Å². The van der Waals surface area contributed by atoms with E-state index in [1.54, 1.807) is 6.92 Å². The second kappa shape index (κ2) is 15.1. The van der Waals surface area contributed by atoms with Crippen LogP contribution in [0.1, 0.15) is 58.4 Å². The molecule has 0 spiro atoms. The molecule has 3 N–H and O–H groups in total. The van der Waals surface area contributed by atoms with E-state index < -0.39 is 0 Å². The summed E-state index contributed by atoms with van der Waals surface area (Å²) in [7, 11) is 1.93. The van der Waals surface area contributed by atoms with Crippen molar-refractivity contribution in [1.82, 2.24) is 10.6 Å². The second-order valence-corrected chi connectivity index (χ2v) is 6.24. The molecule has 5 heteroatoms. The summed E-state index contributed by atoms with van der Waals surface area (Å²) in [6, 6.07) is 8.19. The summed E-state index contributed by atoms with van der Waals surface area (Å²) in [5.74, 6) is 0.266. The summed E-state index contributed by atoms with van der Waals surface area (Å²) in [6.07, 6.45) is 4.97. The molecule has 4 nitrogen and oxygen atoms in total. The van der Waals surface area contributed by atoms with E-state index >= 15 is 0 Å². The number of hydrogen-bond acceptors (Lipinski definition) is 3. The summed E-state index contributed by atoms with van der Waals surface area (Å²) < 4.78 is 0. The minimum atomic E-state index is 0.266. The molecule has 0 fully saturated rings. The Bertz CT molecular complexity index is 460. The third-order valence-electron chi connectivity index (χ3n) is 3.08. The Morgan fingerprint density at radius 1 is 1.08 bits per heavy atom. The SMILES string of the molecule is CCC.CNCc1ccc(NC(=S)NCCCCCC(C)=O)cc1. The van der Waals surface area contributed by atoms with Gasteiger partial charge < -0.3 is 20.7 Å². The molecule has 0 saturated heterocycles. The third kappa shape index (κ3) is 13.0. The lowest BCUT2D eigenvalue weighted by atomic mass is 10.1. The van der Waals surface area contributed by atoms with Crippen molar-refractivity contribution in [1.29, 1.82) is 0 Å². The molecule has 24 heavy (non-hydrogen) atoms. The molecule has 0 bridgehead atoms. The zero-order valence-electron chi connectivity index (χ0n) is 15.6. The lowest BCUT2D eigenvalue weighted by Gasteiger charge is -2.11. The van der Waals surface area contributed by atoms with Gasteiger partial charge in [-0.1, -0.05) is 38.8 Å². The van der Waals surface area contributed by atoms with Gasteiger partial charge in [0, 0.05) is 25.2 Å². The van der Waals surface area contributed by atoms with E-state index in [9.17, 15) is 4.79 Å². The zero-order valence-corrected chi connectivity index (χ0v) is 16.4. The minimum Gasteiger partial charge on any atom is -0.362 e. The first kappa shape index (κ1) is 22.5. The Labute approximate surface area is 152 Å². The first-order chi connectivity index (χ1) is 11.5. The van der Waals surface area contributed by atoms with Crippen molar-refractivity contribution < 1.29 is 4.79 Å². The molecule has 0 aromatic heterocycles. The molecule has 0 amide bonds. The van der Waals surface area contributed by atoms with Gasteiger partial charge in [0.25, 0.3) is 0 Å². The van der Waals surface area contributed by atoms with Gasteiger partial charge in [-0.15, -0.1) is 0 Å². The number of thiocarbonyl (C=S) groups is 1. The molecule has 0 unspecified atom stereocenters. The predicted octanol–water partition coefficient (Wildman–Crippen LogP) is 4.26. The monoisotopic (exact) mass is 351 g/mol. The molecule has 0 aliphatic rings. The summed E-state index contributed by atoms with van der Waals surface area (Å²) in [4.78, 5) is 10.8. The van der Waals surface area contributed by atoms with Crippen LogP contribution in [0.5, 0.6) is 0 Å². The van der Waals surface area contributed by atoms with Crippen molar-refractivity contribution >= 4 is 28.8 Å². The smallest absolute Gasteiger partial charge is 0.170 e. The van der Waals surface area contributed by atoms with Crippen LogP contribution in [-0.2, 0) is 11.3 Å². The van der Waals surface area contributed by atoms with Crippen LogP contribution in [0.15, 0.2) is 24.3 Å². The Morgan fingerprint density at radius 3 is 2.25 bits per heavy atom. The Balaban J connectivity index is 0.00000163. The number of carbonyl (C=O) groups is 1. The average molecular weight is 352 g/mol. The first-order valence-electron chi connectivity index (χ1n) is 8.81. The molecule has 0 aliphatic heterocycles. The van der Waals surface area contributed by atoms with Crippen molar-refractivity contribution in [3.05, 3.63) is 29.8 Å². The highest BCUT2D eigenvalue weighted by Gasteiger charge is 1.98. The molecular formula is C19H33N3OS. The fraction of sp³-hybridized carbons (Fsp3) is 0.579. The molecule has 0 radical (unpaired) electrons. The van der Waals surface area contributed by atoms with E-state index in [0.29, 0.717) is 11.5 Å². The summed E-state index contributed by atoms with van der Waals surface area (Å²) in [6.45, 7) is 7.59. The number of benzene rings is 1. The quantitative estimate of drug-likeness (QED) is 0.458. The van der Waals surface area contributed by atoms with Crippen LogP contribution in [0.2, 0.25) is 0 Å². The maximum atomic E-state index is 10.8. The summed E-state index contributed by atoms with van der Waals surface area (Å²) >= 11 is 5.25. The van der Waals surface area contributed by atoms with E-state index in [1.165, 1.54) is 12.0 Å². The van der Waals surface area contributed by atoms with Crippen LogP contribution in [0.3, 0.4) is 0 Å². The molecule has 136 valence electrons. The molecule has 1 rings (SSSR count). The normalized spacial score (nSPS) is 9.67. The number of rotatable bonds is 9. The highest BCUT2D eigenvalue weighted by molar-refractivity contribution is 7.80. The van der Waals surface area contributed by atoms with E-state index in [0.717, 1.165) is 38.0 Å². The van der Waals surface area contributed by atoms with Gasteiger partial charge >= 0.3 is 0 Å². The fourth-order valence-corrected chi connectivity index (χ4v) is 2.18. The van der Waals surface area contributed by atoms with Crippen LogP contribution in [-0.4, -0.2) is 24.5 Å². The van der Waals surface area contributed by atoms with Crippen LogP contribution in [0.25, 0.3) is 0 Å². The Kier molecular flexibility index (Phi) is 14.2. The molecule has 0 atom stereocenters. The number of Topliss-reactive ketones (excluding diaryl/α,β-unsaturated/α-hetero) is 1. The van der Waals surface area contributed by atoms with Gasteiger partial charge in [-0.3, -0.25) is 0 Å². The van der Waals surface area contributed by atoms with E-state index in [2.05, 4.69) is 41.9 Å². The minimum absolute atomic E-state index is 0.266. The number of anilines is 1. The second-order valence-electron chi connectivity index (χ2n) is 5.83. The van der Waals surface area contributed by atoms with Crippen molar-refractivity contribution in [3.8, 4) is 0 Å². The van der Waals surface area contributed by atoms with Crippen LogP contribution in [0, 0.1) is 0 Å². The van der Waals surface area contributed by atoms with Gasteiger partial charge in [0.1, 0.15) is 5.78 Å². The molecule has 1 aromatic rings. The number of unbranched alkanes of at least 4 members (excludes halogenated alkanes) is 2. The van der Waals surface area contributed by atoms with E-state index in [-0.39, 0.29) is 5.78 Å². The van der Waals surface area contributed by atoms with Gasteiger partial charge in [0.2, 0.25) is 0 Å². The van der Waals surface area contributed by atoms with Crippen molar-refractivity contribution in [3.63, 3.8) is 0 Å². The van der Waals surface area contributed by atoms with Gasteiger partial charge in [-0.2, -0.15) is 0 Å². The molecule has 0 aliphatic carbocycles. The largest absolute Gasteiger partial charge is 0.362 e. The Morgan fingerprint density at radius 2 is 1.71 bits per heavy atom. The highest BCUT2D eigenvalue weighted by Crippen LogP contribution is 2.09. The van der Waals surface area contributed by atoms with Gasteiger partial charge in [0.15, 0.2) is 5.11 Å². The van der Waals surface area contributed by atoms with Crippen molar-refractivity contribution in [2.24, 2.45) is 0 Å². The number of carbonyl (C=O) groups excluding carboxylic acids is 1. The molecular weight excluding hydrogens is 318 g/mol. The topological polar surface area (TPSA) is 53.2 Å². The van der Waals surface area contributed by atoms with Gasteiger partial charge in [-0.05, 0) is 56.7 Å². The predicted molar refractivity (Wildman–Crippen MR) is 109 cm³/mol. The molecule has 0 saturated carbocycles. The van der Waals surface area contributed by atoms with Crippen LogP contribution < -0.4 is 16.0 Å². The standard InChI is InChI=1S/C16H25N3OS.C3H8/c1-13(20)6-4-3-5-11-18-16(21)19-15-9-7-14(8-10-15)12-17-2;1-3-2/h7-10,17H,3-6,11-12H2,1-2H3,(H2,18,19,21);3H2,1-2H3. The van der Waals surface area contributed by atoms with Crippen molar-refractivity contribution in [2.45, 2.75) is 59.4 Å². The third-order valence-corrected chi connectivity index (χ3v) is 3.33. The number of nitrogens with one attached hydrogen (secondary N) is 3. The average Bonchev–Trinajstić information content (AvgIpc) is 2.53. The van der Waals surface area contributed by atoms with E-state index in [4.69, 9.17) is 12.2 Å². The molecule has 0 heterocycles. The molecule has 1 aromatic carbocycles. The van der Waals surface area contributed by atoms with Gasteiger partial charge in [-0.25, -0.2) is 0 Å².